The first-order valence-electron chi connectivity index (χ1n) is 8.09. The fourth-order valence-electron chi connectivity index (χ4n) is 3.04. The Balaban J connectivity index is 2.37. The van der Waals surface area contributed by atoms with E-state index < -0.39 is 11.9 Å². The molecule has 1 aliphatic rings. The summed E-state index contributed by atoms with van der Waals surface area (Å²) in [5.74, 6) is -1.70. The van der Waals surface area contributed by atoms with Gasteiger partial charge in [0.05, 0.1) is 11.8 Å². The van der Waals surface area contributed by atoms with Gasteiger partial charge in [-0.25, -0.2) is 0 Å². The van der Waals surface area contributed by atoms with E-state index in [2.05, 4.69) is 12.2 Å². The van der Waals surface area contributed by atoms with Crippen LogP contribution in [-0.4, -0.2) is 23.0 Å². The predicted molar refractivity (Wildman–Crippen MR) is 79.4 cm³/mol. The van der Waals surface area contributed by atoms with Crippen LogP contribution in [0.5, 0.6) is 0 Å². The van der Waals surface area contributed by atoms with Crippen LogP contribution in [0.15, 0.2) is 0 Å². The monoisotopic (exact) mass is 283 g/mol. The molecule has 1 aliphatic carbocycles. The van der Waals surface area contributed by atoms with Crippen molar-refractivity contribution in [3.63, 3.8) is 0 Å². The normalized spacial score (nSPS) is 24.1. The molecule has 0 saturated heterocycles. The summed E-state index contributed by atoms with van der Waals surface area (Å²) in [5, 5.41) is 12.2. The molecule has 0 unspecified atom stereocenters. The molecule has 0 bridgehead atoms. The van der Waals surface area contributed by atoms with E-state index in [1.807, 2.05) is 6.92 Å². The van der Waals surface area contributed by atoms with Crippen LogP contribution in [0.4, 0.5) is 0 Å². The molecule has 0 heterocycles. The molecule has 0 radical (unpaired) electrons. The lowest BCUT2D eigenvalue weighted by Gasteiger charge is -2.28. The van der Waals surface area contributed by atoms with Gasteiger partial charge in [-0.15, -0.1) is 0 Å². The topological polar surface area (TPSA) is 66.4 Å². The lowest BCUT2D eigenvalue weighted by atomic mass is 9.78. The molecule has 20 heavy (non-hydrogen) atoms. The van der Waals surface area contributed by atoms with Crippen molar-refractivity contribution in [3.8, 4) is 0 Å². The zero-order valence-corrected chi connectivity index (χ0v) is 12.9. The van der Waals surface area contributed by atoms with Gasteiger partial charge in [-0.3, -0.25) is 9.59 Å². The third-order valence-electron chi connectivity index (χ3n) is 4.30. The molecule has 116 valence electrons. The third kappa shape index (κ3) is 5.51. The van der Waals surface area contributed by atoms with Gasteiger partial charge in [-0.2, -0.15) is 0 Å². The number of hydrogen-bond acceptors (Lipinski definition) is 2. The van der Waals surface area contributed by atoms with Gasteiger partial charge in [0.1, 0.15) is 0 Å². The highest BCUT2D eigenvalue weighted by Gasteiger charge is 2.35. The Kier molecular flexibility index (Phi) is 7.63. The van der Waals surface area contributed by atoms with Crippen molar-refractivity contribution in [1.82, 2.24) is 5.32 Å². The number of rotatable bonds is 8. The summed E-state index contributed by atoms with van der Waals surface area (Å²) in [7, 11) is 0. The van der Waals surface area contributed by atoms with E-state index in [-0.39, 0.29) is 17.9 Å². The van der Waals surface area contributed by atoms with E-state index in [0.717, 1.165) is 25.7 Å². The quantitative estimate of drug-likeness (QED) is 0.671. The number of unbranched alkanes of at least 4 members (excludes halogenated alkanes) is 3. The number of carbonyl (C=O) groups is 2. The molecule has 0 aromatic heterocycles. The second-order valence-corrected chi connectivity index (χ2v) is 6.09. The predicted octanol–water partition coefficient (Wildman–Crippen LogP) is 3.35. The molecule has 1 amide bonds. The van der Waals surface area contributed by atoms with Crippen LogP contribution in [-0.2, 0) is 9.59 Å². The van der Waals surface area contributed by atoms with Crippen molar-refractivity contribution in [3.05, 3.63) is 0 Å². The average Bonchev–Trinajstić information content (AvgIpc) is 2.43. The van der Waals surface area contributed by atoms with Crippen LogP contribution >= 0.6 is 0 Å². The van der Waals surface area contributed by atoms with E-state index in [9.17, 15) is 14.7 Å². The van der Waals surface area contributed by atoms with Gasteiger partial charge in [-0.05, 0) is 26.2 Å². The molecule has 0 aliphatic heterocycles. The fourth-order valence-corrected chi connectivity index (χ4v) is 3.04. The minimum atomic E-state index is -0.819. The van der Waals surface area contributed by atoms with Gasteiger partial charge >= 0.3 is 5.97 Å². The minimum absolute atomic E-state index is 0.0555. The van der Waals surface area contributed by atoms with Gasteiger partial charge in [0.15, 0.2) is 0 Å². The van der Waals surface area contributed by atoms with E-state index in [4.69, 9.17) is 0 Å². The van der Waals surface area contributed by atoms with E-state index in [1.165, 1.54) is 19.3 Å². The number of amides is 1. The van der Waals surface area contributed by atoms with Crippen LogP contribution < -0.4 is 5.32 Å². The minimum Gasteiger partial charge on any atom is -0.481 e. The van der Waals surface area contributed by atoms with Crippen molar-refractivity contribution >= 4 is 11.9 Å². The maximum Gasteiger partial charge on any atom is 0.307 e. The SMILES string of the molecule is CCCCCC[C@H](C)NC(=O)[C@@H]1CCCC[C@H]1C(=O)O. The molecule has 3 atom stereocenters. The summed E-state index contributed by atoms with van der Waals surface area (Å²) >= 11 is 0. The summed E-state index contributed by atoms with van der Waals surface area (Å²) in [6.07, 6.45) is 9.01. The first-order valence-corrected chi connectivity index (χ1v) is 8.09. The lowest BCUT2D eigenvalue weighted by molar-refractivity contribution is -0.149. The Bertz CT molecular complexity index is 317. The maximum absolute atomic E-state index is 12.2. The molecule has 1 rings (SSSR count). The zero-order chi connectivity index (χ0) is 15.0. The second kappa shape index (κ2) is 8.98. The van der Waals surface area contributed by atoms with E-state index >= 15 is 0 Å². The first kappa shape index (κ1) is 17.0. The standard InChI is InChI=1S/C16H29NO3/c1-3-4-5-6-9-12(2)17-15(18)13-10-7-8-11-14(13)16(19)20/h12-14H,3-11H2,1-2H3,(H,17,18)(H,19,20)/t12-,13+,14+/m0/s1. The number of aliphatic carboxylic acids is 1. The highest BCUT2D eigenvalue weighted by molar-refractivity contribution is 5.85. The Hall–Kier alpha value is -1.06. The molecule has 0 aromatic carbocycles. The average molecular weight is 283 g/mol. The highest BCUT2D eigenvalue weighted by atomic mass is 16.4. The van der Waals surface area contributed by atoms with Crippen molar-refractivity contribution in [2.45, 2.75) is 77.7 Å². The number of carboxylic acid groups (broad SMARTS) is 1. The molecule has 0 spiro atoms. The van der Waals surface area contributed by atoms with Crippen LogP contribution in [0.1, 0.15) is 71.6 Å². The largest absolute Gasteiger partial charge is 0.481 e. The molecule has 1 saturated carbocycles. The van der Waals surface area contributed by atoms with Crippen molar-refractivity contribution in [2.75, 3.05) is 0 Å². The Morgan fingerprint density at radius 1 is 1.15 bits per heavy atom. The van der Waals surface area contributed by atoms with Crippen molar-refractivity contribution in [1.29, 1.82) is 0 Å². The van der Waals surface area contributed by atoms with E-state index in [1.54, 1.807) is 0 Å². The molecule has 0 aromatic rings. The zero-order valence-electron chi connectivity index (χ0n) is 12.9. The summed E-state index contributed by atoms with van der Waals surface area (Å²) < 4.78 is 0. The molecule has 1 fully saturated rings. The summed E-state index contributed by atoms with van der Waals surface area (Å²) in [4.78, 5) is 23.5. The molecule has 4 nitrogen and oxygen atoms in total. The van der Waals surface area contributed by atoms with Gasteiger partial charge in [0.25, 0.3) is 0 Å². The Morgan fingerprint density at radius 3 is 2.40 bits per heavy atom. The molecular formula is C16H29NO3. The number of carboxylic acids is 1. The van der Waals surface area contributed by atoms with Crippen LogP contribution in [0.3, 0.4) is 0 Å². The maximum atomic E-state index is 12.2. The summed E-state index contributed by atoms with van der Waals surface area (Å²) in [6.45, 7) is 4.20. The molecule has 2 N–H and O–H groups in total. The second-order valence-electron chi connectivity index (χ2n) is 6.09. The lowest BCUT2D eigenvalue weighted by Crippen LogP contribution is -2.43. The van der Waals surface area contributed by atoms with Crippen LogP contribution in [0, 0.1) is 11.8 Å². The van der Waals surface area contributed by atoms with Gasteiger partial charge in [0.2, 0.25) is 5.91 Å². The number of nitrogens with one attached hydrogen (secondary N) is 1. The van der Waals surface area contributed by atoms with Gasteiger partial charge < -0.3 is 10.4 Å². The van der Waals surface area contributed by atoms with Crippen molar-refractivity contribution < 1.29 is 14.7 Å². The third-order valence-corrected chi connectivity index (χ3v) is 4.30. The van der Waals surface area contributed by atoms with E-state index in [0.29, 0.717) is 12.8 Å². The number of carbonyl (C=O) groups excluding carboxylic acids is 1. The first-order chi connectivity index (χ1) is 9.56. The summed E-state index contributed by atoms with van der Waals surface area (Å²) in [6, 6.07) is 0.149. The van der Waals surface area contributed by atoms with Crippen LogP contribution in [0.25, 0.3) is 0 Å². The fraction of sp³-hybridized carbons (Fsp3) is 0.875. The van der Waals surface area contributed by atoms with Crippen LogP contribution in [0.2, 0.25) is 0 Å². The Morgan fingerprint density at radius 2 is 1.80 bits per heavy atom. The van der Waals surface area contributed by atoms with Gasteiger partial charge in [0, 0.05) is 6.04 Å². The number of hydrogen-bond donors (Lipinski definition) is 2. The summed E-state index contributed by atoms with van der Waals surface area (Å²) in [5.41, 5.74) is 0. The van der Waals surface area contributed by atoms with Crippen molar-refractivity contribution in [2.24, 2.45) is 11.8 Å². The highest BCUT2D eigenvalue weighted by Crippen LogP contribution is 2.30. The molecule has 4 heteroatoms. The smallest absolute Gasteiger partial charge is 0.307 e. The Labute approximate surface area is 122 Å². The van der Waals surface area contributed by atoms with Gasteiger partial charge in [-0.1, -0.05) is 45.4 Å². The molecular weight excluding hydrogens is 254 g/mol.